The quantitative estimate of drug-likeness (QED) is 0.367. The molecule has 0 bridgehead atoms. The molecule has 0 N–H and O–H groups in total. The van der Waals surface area contributed by atoms with Gasteiger partial charge in [0.25, 0.3) is 11.8 Å². The van der Waals surface area contributed by atoms with Crippen LogP contribution >= 0.6 is 0 Å². The number of ether oxygens (including phenoxy) is 2. The molecule has 0 aliphatic heterocycles. The minimum atomic E-state index is -0.577. The number of hydrazone groups is 1. The van der Waals surface area contributed by atoms with Crippen molar-refractivity contribution in [2.24, 2.45) is 5.10 Å². The number of carbonyl (C=O) groups excluding carboxylic acids is 2. The standard InChI is InChI=1S/C22H19N3O4/c1-28-19-9-6-10-20(29-2)18(19)15-24-25(21(26)16-7-4-3-5-8-16)22(27)17-11-13-23-14-12-17/h3-15H,1-2H3/b24-15+. The average Bonchev–Trinajstić information content (AvgIpc) is 2.79. The van der Waals surface area contributed by atoms with Crippen LogP contribution in [0.25, 0.3) is 0 Å². The Kier molecular flexibility index (Phi) is 6.32. The Morgan fingerprint density at radius 3 is 1.93 bits per heavy atom. The Morgan fingerprint density at radius 2 is 1.38 bits per heavy atom. The molecule has 7 heteroatoms. The lowest BCUT2D eigenvalue weighted by Crippen LogP contribution is -2.32. The molecule has 7 nitrogen and oxygen atoms in total. The van der Waals surface area contributed by atoms with E-state index < -0.39 is 11.8 Å². The first kappa shape index (κ1) is 19.8. The topological polar surface area (TPSA) is 81.1 Å². The minimum Gasteiger partial charge on any atom is -0.496 e. The van der Waals surface area contributed by atoms with E-state index in [9.17, 15) is 9.59 Å². The molecular weight excluding hydrogens is 370 g/mol. The number of nitrogens with zero attached hydrogens (tertiary/aromatic N) is 3. The average molecular weight is 389 g/mol. The number of pyridine rings is 1. The molecule has 0 saturated carbocycles. The molecule has 0 fully saturated rings. The summed E-state index contributed by atoms with van der Waals surface area (Å²) in [6, 6.07) is 16.7. The summed E-state index contributed by atoms with van der Waals surface area (Å²) in [5.41, 5.74) is 1.12. The van der Waals surface area contributed by atoms with Gasteiger partial charge in [0.05, 0.1) is 26.0 Å². The van der Waals surface area contributed by atoms with Gasteiger partial charge in [0.15, 0.2) is 0 Å². The third-order valence-electron chi connectivity index (χ3n) is 4.10. The lowest BCUT2D eigenvalue weighted by atomic mass is 10.2. The van der Waals surface area contributed by atoms with E-state index in [1.165, 1.54) is 45.0 Å². The van der Waals surface area contributed by atoms with Crippen LogP contribution in [-0.2, 0) is 0 Å². The Morgan fingerprint density at radius 1 is 0.828 bits per heavy atom. The highest BCUT2D eigenvalue weighted by molar-refractivity contribution is 6.10. The van der Waals surface area contributed by atoms with Gasteiger partial charge in [0.2, 0.25) is 0 Å². The van der Waals surface area contributed by atoms with E-state index in [2.05, 4.69) is 10.1 Å². The second-order valence-electron chi connectivity index (χ2n) is 5.84. The van der Waals surface area contributed by atoms with E-state index >= 15 is 0 Å². The molecule has 2 amide bonds. The van der Waals surface area contributed by atoms with Crippen LogP contribution in [0.2, 0.25) is 0 Å². The molecule has 0 radical (unpaired) electrons. The maximum Gasteiger partial charge on any atom is 0.281 e. The van der Waals surface area contributed by atoms with Crippen LogP contribution < -0.4 is 9.47 Å². The minimum absolute atomic E-state index is 0.286. The highest BCUT2D eigenvalue weighted by Crippen LogP contribution is 2.26. The van der Waals surface area contributed by atoms with Gasteiger partial charge < -0.3 is 9.47 Å². The summed E-state index contributed by atoms with van der Waals surface area (Å²) in [4.78, 5) is 29.9. The number of imide groups is 1. The smallest absolute Gasteiger partial charge is 0.281 e. The number of aromatic nitrogens is 1. The summed E-state index contributed by atoms with van der Waals surface area (Å²) in [7, 11) is 3.03. The molecular formula is C22H19N3O4. The zero-order valence-corrected chi connectivity index (χ0v) is 16.0. The van der Waals surface area contributed by atoms with Crippen molar-refractivity contribution >= 4 is 18.0 Å². The Bertz CT molecular complexity index is 947. The second-order valence-corrected chi connectivity index (χ2v) is 5.84. The first-order valence-electron chi connectivity index (χ1n) is 8.74. The fourth-order valence-electron chi connectivity index (χ4n) is 2.64. The Hall–Kier alpha value is -4.00. The van der Waals surface area contributed by atoms with Gasteiger partial charge in [0.1, 0.15) is 11.5 Å². The predicted octanol–water partition coefficient (Wildman–Crippen LogP) is 3.42. The number of methoxy groups -OCH3 is 2. The number of hydrogen-bond donors (Lipinski definition) is 0. The van der Waals surface area contributed by atoms with Crippen molar-refractivity contribution in [1.29, 1.82) is 0 Å². The fourth-order valence-corrected chi connectivity index (χ4v) is 2.64. The van der Waals surface area contributed by atoms with Gasteiger partial charge in [-0.3, -0.25) is 14.6 Å². The molecule has 1 heterocycles. The highest BCUT2D eigenvalue weighted by Gasteiger charge is 2.24. The van der Waals surface area contributed by atoms with E-state index in [0.29, 0.717) is 22.6 Å². The molecule has 3 aromatic rings. The van der Waals surface area contributed by atoms with Crippen LogP contribution in [0.5, 0.6) is 11.5 Å². The normalized spacial score (nSPS) is 10.6. The molecule has 3 rings (SSSR count). The summed E-state index contributed by atoms with van der Waals surface area (Å²) >= 11 is 0. The molecule has 2 aromatic carbocycles. The molecule has 0 aliphatic carbocycles. The molecule has 0 saturated heterocycles. The van der Waals surface area contributed by atoms with E-state index in [4.69, 9.17) is 9.47 Å². The van der Waals surface area contributed by atoms with Crippen molar-refractivity contribution < 1.29 is 19.1 Å². The van der Waals surface area contributed by atoms with Gasteiger partial charge in [0, 0.05) is 23.5 Å². The first-order chi connectivity index (χ1) is 14.2. The van der Waals surface area contributed by atoms with Crippen LogP contribution in [0, 0.1) is 0 Å². The second kappa shape index (κ2) is 9.27. The number of carbonyl (C=O) groups is 2. The van der Waals surface area contributed by atoms with Crippen LogP contribution in [-0.4, -0.2) is 42.2 Å². The molecule has 0 aliphatic rings. The zero-order valence-electron chi connectivity index (χ0n) is 16.0. The summed E-state index contributed by atoms with van der Waals surface area (Å²) in [5.74, 6) is -0.142. The van der Waals surface area contributed by atoms with Gasteiger partial charge >= 0.3 is 0 Å². The van der Waals surface area contributed by atoms with Crippen molar-refractivity contribution in [2.45, 2.75) is 0 Å². The van der Waals surface area contributed by atoms with Gasteiger partial charge in [-0.1, -0.05) is 24.3 Å². The van der Waals surface area contributed by atoms with Gasteiger partial charge in [-0.05, 0) is 36.4 Å². The summed E-state index contributed by atoms with van der Waals surface area (Å²) < 4.78 is 10.7. The lowest BCUT2D eigenvalue weighted by molar-refractivity contribution is 0.0621. The van der Waals surface area contributed by atoms with Crippen LogP contribution in [0.3, 0.4) is 0 Å². The molecule has 146 valence electrons. The molecule has 1 aromatic heterocycles. The van der Waals surface area contributed by atoms with Crippen LogP contribution in [0.4, 0.5) is 0 Å². The van der Waals surface area contributed by atoms with Gasteiger partial charge in [-0.2, -0.15) is 10.1 Å². The fraction of sp³-hybridized carbons (Fsp3) is 0.0909. The number of amides is 2. The number of hydrogen-bond acceptors (Lipinski definition) is 6. The Labute approximate surface area is 168 Å². The van der Waals surface area contributed by atoms with Crippen molar-refractivity contribution in [3.63, 3.8) is 0 Å². The number of benzene rings is 2. The van der Waals surface area contributed by atoms with E-state index in [1.807, 2.05) is 0 Å². The van der Waals surface area contributed by atoms with E-state index in [0.717, 1.165) is 5.01 Å². The predicted molar refractivity (Wildman–Crippen MR) is 108 cm³/mol. The largest absolute Gasteiger partial charge is 0.496 e. The van der Waals surface area contributed by atoms with Crippen molar-refractivity contribution in [3.05, 3.63) is 89.7 Å². The molecule has 29 heavy (non-hydrogen) atoms. The maximum absolute atomic E-state index is 13.0. The van der Waals surface area contributed by atoms with Gasteiger partial charge in [-0.25, -0.2) is 0 Å². The molecule has 0 spiro atoms. The lowest BCUT2D eigenvalue weighted by Gasteiger charge is -2.16. The summed E-state index contributed by atoms with van der Waals surface area (Å²) in [6.45, 7) is 0. The zero-order chi connectivity index (χ0) is 20.6. The van der Waals surface area contributed by atoms with Crippen LogP contribution in [0.15, 0.2) is 78.2 Å². The monoisotopic (exact) mass is 389 g/mol. The highest BCUT2D eigenvalue weighted by atomic mass is 16.5. The van der Waals surface area contributed by atoms with Crippen LogP contribution in [0.1, 0.15) is 26.3 Å². The third-order valence-corrected chi connectivity index (χ3v) is 4.10. The van der Waals surface area contributed by atoms with E-state index in [1.54, 1.807) is 48.5 Å². The summed E-state index contributed by atoms with van der Waals surface area (Å²) in [5, 5.41) is 5.01. The van der Waals surface area contributed by atoms with Crippen molar-refractivity contribution in [3.8, 4) is 11.5 Å². The van der Waals surface area contributed by atoms with Crippen molar-refractivity contribution in [2.75, 3.05) is 14.2 Å². The first-order valence-corrected chi connectivity index (χ1v) is 8.74. The van der Waals surface area contributed by atoms with Gasteiger partial charge in [-0.15, -0.1) is 0 Å². The SMILES string of the molecule is COc1cccc(OC)c1/C=N/N(C(=O)c1ccccc1)C(=O)c1ccncc1. The number of rotatable bonds is 6. The third kappa shape index (κ3) is 4.47. The molecule has 0 unspecified atom stereocenters. The maximum atomic E-state index is 13.0. The molecule has 0 atom stereocenters. The van der Waals surface area contributed by atoms with Crippen molar-refractivity contribution in [1.82, 2.24) is 9.99 Å². The van der Waals surface area contributed by atoms with E-state index in [-0.39, 0.29) is 5.56 Å². The Balaban J connectivity index is 2.03. The summed E-state index contributed by atoms with van der Waals surface area (Å²) in [6.07, 6.45) is 4.33.